The van der Waals surface area contributed by atoms with E-state index in [1.807, 2.05) is 0 Å². The van der Waals surface area contributed by atoms with Gasteiger partial charge in [-0.05, 0) is 24.3 Å². The molecule has 1 aliphatic heterocycles. The number of aromatic nitrogens is 2. The average molecular weight is 294 g/mol. The van der Waals surface area contributed by atoms with Crippen LogP contribution < -0.4 is 14.8 Å². The van der Waals surface area contributed by atoms with Crippen molar-refractivity contribution in [3.8, 4) is 5.75 Å². The lowest BCUT2D eigenvalue weighted by Gasteiger charge is -2.18. The number of carbonyl (C=O) groups excluding carboxylic acids is 1. The Bertz CT molecular complexity index is 755. The number of ether oxygens (including phenoxy) is 1. The van der Waals surface area contributed by atoms with Gasteiger partial charge in [0.15, 0.2) is 11.6 Å². The number of H-pyrrole nitrogens is 1. The molecule has 0 bridgehead atoms. The third-order valence-corrected chi connectivity index (χ3v) is 3.94. The lowest BCUT2D eigenvalue weighted by Crippen LogP contribution is -2.25. The second-order valence-electron chi connectivity index (χ2n) is 4.07. The number of fused-ring (bicyclic) bond motifs is 1. The molecule has 0 unspecified atom stereocenters. The fraction of sp³-hybridized carbons (Fsp3) is 0.0909. The molecule has 0 spiro atoms. The Labute approximate surface area is 114 Å². The maximum atomic E-state index is 12.0. The third-order valence-electron chi connectivity index (χ3n) is 2.63. The van der Waals surface area contributed by atoms with Crippen LogP contribution in [0.5, 0.6) is 5.75 Å². The molecule has 3 N–H and O–H groups in total. The molecule has 0 saturated carbocycles. The molecular weight excluding hydrogens is 284 g/mol. The molecular formula is C11H10N4O4S. The first-order chi connectivity index (χ1) is 9.54. The fourth-order valence-electron chi connectivity index (χ4n) is 1.75. The van der Waals surface area contributed by atoms with Gasteiger partial charge in [-0.3, -0.25) is 14.6 Å². The number of sulfonamides is 1. The number of nitrogens with zero attached hydrogens (tertiary/aromatic N) is 1. The molecule has 9 heteroatoms. The van der Waals surface area contributed by atoms with Crippen molar-refractivity contribution in [1.82, 2.24) is 10.2 Å². The molecule has 104 valence electrons. The zero-order chi connectivity index (χ0) is 14.2. The summed E-state index contributed by atoms with van der Waals surface area (Å²) in [5.74, 6) is 0.208. The average Bonchev–Trinajstić information content (AvgIpc) is 2.92. The third kappa shape index (κ3) is 2.30. The second kappa shape index (κ2) is 4.53. The first-order valence-corrected chi connectivity index (χ1v) is 7.12. The molecule has 1 aromatic heterocycles. The molecule has 2 heterocycles. The summed E-state index contributed by atoms with van der Waals surface area (Å²) < 4.78 is 31.6. The van der Waals surface area contributed by atoms with E-state index in [1.165, 1.54) is 18.3 Å². The van der Waals surface area contributed by atoms with E-state index < -0.39 is 10.0 Å². The van der Waals surface area contributed by atoms with Crippen LogP contribution in [0.2, 0.25) is 0 Å². The molecule has 0 aliphatic carbocycles. The van der Waals surface area contributed by atoms with Gasteiger partial charge in [0.2, 0.25) is 0 Å². The summed E-state index contributed by atoms with van der Waals surface area (Å²) in [4.78, 5) is 11.2. The minimum absolute atomic E-state index is 0.0458. The Kier molecular flexibility index (Phi) is 2.83. The second-order valence-corrected chi connectivity index (χ2v) is 5.73. The largest absolute Gasteiger partial charge is 0.482 e. The zero-order valence-corrected chi connectivity index (χ0v) is 10.9. The standard InChI is InChI=1S/C11H10N4O4S/c16-10-6-19-9-2-1-7(5-8(9)13-10)15-20(17,18)11-3-4-12-14-11/h1-5,15H,6H2,(H,12,14)(H,13,16). The quantitative estimate of drug-likeness (QED) is 0.764. The molecule has 1 aliphatic rings. The molecule has 2 aromatic rings. The molecule has 8 nitrogen and oxygen atoms in total. The predicted octanol–water partition coefficient (Wildman–Crippen LogP) is 0.541. The SMILES string of the molecule is O=C1COc2ccc(NS(=O)(=O)c3ccn[nH]3)cc2N1. The highest BCUT2D eigenvalue weighted by Gasteiger charge is 2.19. The van der Waals surface area contributed by atoms with Crippen LogP contribution in [-0.2, 0) is 14.8 Å². The zero-order valence-electron chi connectivity index (χ0n) is 10.1. The minimum Gasteiger partial charge on any atom is -0.482 e. The van der Waals surface area contributed by atoms with Crippen LogP contribution in [0.1, 0.15) is 0 Å². The van der Waals surface area contributed by atoms with Gasteiger partial charge in [0.1, 0.15) is 5.75 Å². The van der Waals surface area contributed by atoms with Crippen molar-refractivity contribution >= 4 is 27.3 Å². The molecule has 1 aromatic carbocycles. The van der Waals surface area contributed by atoms with Gasteiger partial charge < -0.3 is 10.1 Å². The van der Waals surface area contributed by atoms with E-state index in [0.717, 1.165) is 0 Å². The molecule has 20 heavy (non-hydrogen) atoms. The van der Waals surface area contributed by atoms with E-state index in [0.29, 0.717) is 17.1 Å². The molecule has 1 amide bonds. The number of benzene rings is 1. The number of amides is 1. The minimum atomic E-state index is -3.73. The first kappa shape index (κ1) is 12.5. The van der Waals surface area contributed by atoms with Gasteiger partial charge >= 0.3 is 0 Å². The van der Waals surface area contributed by atoms with Crippen LogP contribution >= 0.6 is 0 Å². The van der Waals surface area contributed by atoms with Gasteiger partial charge in [0, 0.05) is 0 Å². The maximum Gasteiger partial charge on any atom is 0.278 e. The van der Waals surface area contributed by atoms with Gasteiger partial charge in [-0.15, -0.1) is 0 Å². The first-order valence-electron chi connectivity index (χ1n) is 5.63. The Morgan fingerprint density at radius 3 is 2.90 bits per heavy atom. The molecule has 3 rings (SSSR count). The smallest absolute Gasteiger partial charge is 0.278 e. The van der Waals surface area contributed by atoms with Crippen molar-refractivity contribution in [2.45, 2.75) is 5.03 Å². The van der Waals surface area contributed by atoms with E-state index in [4.69, 9.17) is 4.74 Å². The van der Waals surface area contributed by atoms with Crippen LogP contribution in [-0.4, -0.2) is 31.1 Å². The van der Waals surface area contributed by atoms with Crippen molar-refractivity contribution in [2.24, 2.45) is 0 Å². The number of hydrogen-bond donors (Lipinski definition) is 3. The summed E-state index contributed by atoms with van der Waals surface area (Å²) in [6.07, 6.45) is 1.34. The number of anilines is 2. The summed E-state index contributed by atoms with van der Waals surface area (Å²) in [6.45, 7) is -0.0494. The van der Waals surface area contributed by atoms with E-state index >= 15 is 0 Å². The Morgan fingerprint density at radius 1 is 1.30 bits per heavy atom. The summed E-state index contributed by atoms with van der Waals surface area (Å²) in [5.41, 5.74) is 0.732. The van der Waals surface area contributed by atoms with Crippen molar-refractivity contribution < 1.29 is 17.9 Å². The summed E-state index contributed by atoms with van der Waals surface area (Å²) >= 11 is 0. The van der Waals surface area contributed by atoms with Crippen LogP contribution in [0.4, 0.5) is 11.4 Å². The highest BCUT2D eigenvalue weighted by molar-refractivity contribution is 7.92. The number of carbonyl (C=O) groups is 1. The lowest BCUT2D eigenvalue weighted by atomic mass is 10.2. The van der Waals surface area contributed by atoms with Gasteiger partial charge in [-0.2, -0.15) is 13.5 Å². The van der Waals surface area contributed by atoms with Crippen LogP contribution in [0.25, 0.3) is 0 Å². The number of aromatic amines is 1. The van der Waals surface area contributed by atoms with Crippen LogP contribution in [0, 0.1) is 0 Å². The molecule has 0 atom stereocenters. The van der Waals surface area contributed by atoms with Crippen molar-refractivity contribution in [2.75, 3.05) is 16.6 Å². The van der Waals surface area contributed by atoms with Gasteiger partial charge in [-0.25, -0.2) is 0 Å². The number of rotatable bonds is 3. The summed E-state index contributed by atoms with van der Waals surface area (Å²) in [5, 5.41) is 8.52. The van der Waals surface area contributed by atoms with E-state index in [2.05, 4.69) is 20.2 Å². The number of nitrogens with one attached hydrogen (secondary N) is 3. The maximum absolute atomic E-state index is 12.0. The fourth-order valence-corrected chi connectivity index (χ4v) is 2.71. The Hall–Kier alpha value is -2.55. The highest BCUT2D eigenvalue weighted by atomic mass is 32.2. The Balaban J connectivity index is 1.89. The topological polar surface area (TPSA) is 113 Å². The highest BCUT2D eigenvalue weighted by Crippen LogP contribution is 2.31. The molecule has 0 fully saturated rings. The molecule has 0 saturated heterocycles. The lowest BCUT2D eigenvalue weighted by molar-refractivity contribution is -0.118. The van der Waals surface area contributed by atoms with Crippen LogP contribution in [0.15, 0.2) is 35.5 Å². The summed E-state index contributed by atoms with van der Waals surface area (Å²) in [7, 11) is -3.73. The van der Waals surface area contributed by atoms with Crippen LogP contribution in [0.3, 0.4) is 0 Å². The normalized spacial score (nSPS) is 14.1. The van der Waals surface area contributed by atoms with E-state index in [9.17, 15) is 13.2 Å². The Morgan fingerprint density at radius 2 is 2.15 bits per heavy atom. The van der Waals surface area contributed by atoms with Gasteiger partial charge in [0.25, 0.3) is 15.9 Å². The van der Waals surface area contributed by atoms with E-state index in [-0.39, 0.29) is 17.5 Å². The monoisotopic (exact) mass is 294 g/mol. The van der Waals surface area contributed by atoms with Gasteiger partial charge in [-0.1, -0.05) is 0 Å². The van der Waals surface area contributed by atoms with Crippen molar-refractivity contribution in [3.63, 3.8) is 0 Å². The van der Waals surface area contributed by atoms with Gasteiger partial charge in [0.05, 0.1) is 17.6 Å². The predicted molar refractivity (Wildman–Crippen MR) is 70.0 cm³/mol. The molecule has 0 radical (unpaired) electrons. The summed E-state index contributed by atoms with van der Waals surface area (Å²) in [6, 6.07) is 5.95. The number of hydrogen-bond acceptors (Lipinski definition) is 5. The van der Waals surface area contributed by atoms with Crippen molar-refractivity contribution in [1.29, 1.82) is 0 Å². The van der Waals surface area contributed by atoms with Crippen molar-refractivity contribution in [3.05, 3.63) is 30.5 Å². The van der Waals surface area contributed by atoms with E-state index in [1.54, 1.807) is 12.1 Å².